The summed E-state index contributed by atoms with van der Waals surface area (Å²) in [6.45, 7) is -1.03. The number of aliphatic carboxylic acids is 3. The molecule has 1 aromatic carbocycles. The number of hydrogen-bond acceptors (Lipinski definition) is 6. The lowest BCUT2D eigenvalue weighted by molar-refractivity contribution is -0.149. The molecule has 160 valence electrons. The molecule has 0 saturated heterocycles. The van der Waals surface area contributed by atoms with E-state index in [0.717, 1.165) is 10.5 Å². The first-order valence-electron chi connectivity index (χ1n) is 9.14. The first-order valence-corrected chi connectivity index (χ1v) is 9.14. The lowest BCUT2D eigenvalue weighted by Gasteiger charge is -2.25. The lowest BCUT2D eigenvalue weighted by Crippen LogP contribution is -2.46. The molecule has 0 unspecified atom stereocenters. The molecule has 10 heteroatoms. The predicted molar refractivity (Wildman–Crippen MR) is 102 cm³/mol. The van der Waals surface area contributed by atoms with Gasteiger partial charge in [-0.2, -0.15) is 0 Å². The van der Waals surface area contributed by atoms with E-state index in [9.17, 15) is 29.4 Å². The van der Waals surface area contributed by atoms with Gasteiger partial charge in [-0.05, 0) is 43.4 Å². The number of nitrogens with one attached hydrogen (secondary N) is 1. The number of benzene rings is 1. The Hall–Kier alpha value is -3.14. The second-order valence-electron chi connectivity index (χ2n) is 6.56. The Morgan fingerprint density at radius 2 is 1.52 bits per heavy atom. The first kappa shape index (κ1) is 23.9. The van der Waals surface area contributed by atoms with Crippen molar-refractivity contribution in [3.05, 3.63) is 29.8 Å². The van der Waals surface area contributed by atoms with E-state index in [0.29, 0.717) is 25.8 Å². The molecular formula is C19H26N2O8. The van der Waals surface area contributed by atoms with Crippen LogP contribution in [0.2, 0.25) is 0 Å². The molecule has 0 radical (unpaired) electrons. The van der Waals surface area contributed by atoms with Crippen molar-refractivity contribution in [3.63, 3.8) is 0 Å². The van der Waals surface area contributed by atoms with Gasteiger partial charge >= 0.3 is 17.9 Å². The molecule has 0 fully saturated rings. The molecule has 0 aliphatic carbocycles. The quantitative estimate of drug-likeness (QED) is 0.275. The minimum atomic E-state index is -1.31. The van der Waals surface area contributed by atoms with Crippen LogP contribution in [0.25, 0.3) is 0 Å². The third-order valence-corrected chi connectivity index (χ3v) is 4.21. The summed E-state index contributed by atoms with van der Waals surface area (Å²) in [5, 5.41) is 39.0. The van der Waals surface area contributed by atoms with Crippen molar-refractivity contribution in [3.8, 4) is 5.75 Å². The predicted octanol–water partition coefficient (Wildman–Crippen LogP) is 0.536. The van der Waals surface area contributed by atoms with Crippen LogP contribution in [0.3, 0.4) is 0 Å². The highest BCUT2D eigenvalue weighted by Crippen LogP contribution is 2.12. The number of carbonyl (C=O) groups excluding carboxylic acids is 1. The molecule has 1 atom stereocenters. The van der Waals surface area contributed by atoms with Gasteiger partial charge in [0.1, 0.15) is 11.8 Å². The van der Waals surface area contributed by atoms with Crippen LogP contribution >= 0.6 is 0 Å². The van der Waals surface area contributed by atoms with Crippen molar-refractivity contribution in [2.45, 2.75) is 38.1 Å². The highest BCUT2D eigenvalue weighted by Gasteiger charge is 2.28. The van der Waals surface area contributed by atoms with E-state index in [1.165, 1.54) is 0 Å². The zero-order valence-corrected chi connectivity index (χ0v) is 15.9. The maximum Gasteiger partial charge on any atom is 0.320 e. The van der Waals surface area contributed by atoms with Crippen molar-refractivity contribution in [2.24, 2.45) is 0 Å². The smallest absolute Gasteiger partial charge is 0.320 e. The van der Waals surface area contributed by atoms with Gasteiger partial charge < -0.3 is 25.7 Å². The second kappa shape index (κ2) is 12.3. The number of carbonyl (C=O) groups is 4. The molecule has 1 aromatic rings. The summed E-state index contributed by atoms with van der Waals surface area (Å²) >= 11 is 0. The molecule has 29 heavy (non-hydrogen) atoms. The normalized spacial score (nSPS) is 11.8. The number of phenols is 1. The maximum atomic E-state index is 11.8. The summed E-state index contributed by atoms with van der Waals surface area (Å²) in [7, 11) is 0. The lowest BCUT2D eigenvalue weighted by atomic mass is 10.1. The van der Waals surface area contributed by atoms with Crippen LogP contribution in [-0.2, 0) is 25.6 Å². The van der Waals surface area contributed by atoms with Crippen LogP contribution in [0.5, 0.6) is 5.75 Å². The number of carboxylic acids is 3. The zero-order chi connectivity index (χ0) is 21.8. The Labute approximate surface area is 167 Å². The average Bonchev–Trinajstić information content (AvgIpc) is 2.62. The van der Waals surface area contributed by atoms with Crippen LogP contribution < -0.4 is 5.32 Å². The highest BCUT2D eigenvalue weighted by molar-refractivity contribution is 5.78. The molecule has 5 N–H and O–H groups in total. The van der Waals surface area contributed by atoms with Crippen LogP contribution in [-0.4, -0.2) is 74.8 Å². The third kappa shape index (κ3) is 10.1. The van der Waals surface area contributed by atoms with E-state index in [2.05, 4.69) is 5.32 Å². The van der Waals surface area contributed by atoms with Crippen LogP contribution in [0.1, 0.15) is 31.2 Å². The van der Waals surface area contributed by atoms with Gasteiger partial charge in [-0.3, -0.25) is 24.1 Å². The standard InChI is InChI=1S/C19H26N2O8/c22-14-7-4-13(5-8-14)6-9-16(23)20-10-2-1-3-15(19(28)29)21(11-17(24)25)12-18(26)27/h4-5,7-8,15,22H,1-3,6,9-12H2,(H,20,23)(H,24,25)(H,26,27)(H,28,29)/t15-/m0/s1. The van der Waals surface area contributed by atoms with Crippen molar-refractivity contribution >= 4 is 23.8 Å². The van der Waals surface area contributed by atoms with E-state index in [1.807, 2.05) is 0 Å². The number of nitrogens with zero attached hydrogens (tertiary/aromatic N) is 1. The number of hydrogen-bond donors (Lipinski definition) is 5. The molecule has 0 heterocycles. The topological polar surface area (TPSA) is 164 Å². The molecule has 0 aliphatic heterocycles. The van der Waals surface area contributed by atoms with Gasteiger partial charge in [-0.25, -0.2) is 0 Å². The Balaban J connectivity index is 2.36. The van der Waals surface area contributed by atoms with Gasteiger partial charge in [0.2, 0.25) is 5.91 Å². The number of rotatable bonds is 14. The van der Waals surface area contributed by atoms with Gasteiger partial charge in [0.15, 0.2) is 0 Å². The SMILES string of the molecule is O=C(O)CN(CC(=O)O)[C@@H](CCCCNC(=O)CCc1ccc(O)cc1)C(=O)O. The third-order valence-electron chi connectivity index (χ3n) is 4.21. The van der Waals surface area contributed by atoms with Gasteiger partial charge in [-0.1, -0.05) is 12.1 Å². The molecule has 1 amide bonds. The van der Waals surface area contributed by atoms with E-state index in [-0.39, 0.29) is 24.5 Å². The number of phenolic OH excluding ortho intramolecular Hbond substituents is 1. The van der Waals surface area contributed by atoms with Crippen molar-refractivity contribution in [2.75, 3.05) is 19.6 Å². The summed E-state index contributed by atoms with van der Waals surface area (Å²) in [4.78, 5) is 45.9. The van der Waals surface area contributed by atoms with Crippen LogP contribution in [0.15, 0.2) is 24.3 Å². The number of carboxylic acid groups (broad SMARTS) is 3. The maximum absolute atomic E-state index is 11.8. The number of aromatic hydroxyl groups is 1. The minimum absolute atomic E-state index is 0.0687. The van der Waals surface area contributed by atoms with Crippen molar-refractivity contribution in [1.29, 1.82) is 0 Å². The fourth-order valence-corrected chi connectivity index (χ4v) is 2.79. The van der Waals surface area contributed by atoms with E-state index < -0.39 is 37.0 Å². The Morgan fingerprint density at radius 1 is 0.931 bits per heavy atom. The summed E-state index contributed by atoms with van der Waals surface area (Å²) in [6.07, 6.45) is 1.72. The Bertz CT molecular complexity index is 689. The summed E-state index contributed by atoms with van der Waals surface area (Å²) in [5.41, 5.74) is 0.916. The Morgan fingerprint density at radius 3 is 2.03 bits per heavy atom. The second-order valence-corrected chi connectivity index (χ2v) is 6.56. The van der Waals surface area contributed by atoms with Crippen LogP contribution in [0, 0.1) is 0 Å². The largest absolute Gasteiger partial charge is 0.508 e. The zero-order valence-electron chi connectivity index (χ0n) is 15.9. The van der Waals surface area contributed by atoms with E-state index in [1.54, 1.807) is 24.3 Å². The molecule has 0 spiro atoms. The molecule has 1 rings (SSSR count). The summed E-state index contributed by atoms with van der Waals surface area (Å²) in [6, 6.07) is 5.32. The van der Waals surface area contributed by atoms with Gasteiger partial charge in [0.25, 0.3) is 0 Å². The van der Waals surface area contributed by atoms with E-state index >= 15 is 0 Å². The van der Waals surface area contributed by atoms with Gasteiger partial charge in [0, 0.05) is 13.0 Å². The summed E-state index contributed by atoms with van der Waals surface area (Å²) in [5.74, 6) is -3.91. The molecule has 0 bridgehead atoms. The fraction of sp³-hybridized carbons (Fsp3) is 0.474. The molecule has 10 nitrogen and oxygen atoms in total. The molecule has 0 aromatic heterocycles. The van der Waals surface area contributed by atoms with Crippen molar-refractivity contribution < 1.29 is 39.6 Å². The van der Waals surface area contributed by atoms with Gasteiger partial charge in [0.05, 0.1) is 13.1 Å². The average molecular weight is 410 g/mol. The van der Waals surface area contributed by atoms with Gasteiger partial charge in [-0.15, -0.1) is 0 Å². The number of unbranched alkanes of at least 4 members (excludes halogenated alkanes) is 1. The van der Waals surface area contributed by atoms with Crippen molar-refractivity contribution in [1.82, 2.24) is 10.2 Å². The molecular weight excluding hydrogens is 384 g/mol. The number of amides is 1. The first-order chi connectivity index (χ1) is 13.7. The molecule has 0 saturated carbocycles. The number of aryl methyl sites for hydroxylation is 1. The Kier molecular flexibility index (Phi) is 10.2. The fourth-order valence-electron chi connectivity index (χ4n) is 2.79. The molecule has 0 aliphatic rings. The highest BCUT2D eigenvalue weighted by atomic mass is 16.4. The monoisotopic (exact) mass is 410 g/mol. The minimum Gasteiger partial charge on any atom is -0.508 e. The summed E-state index contributed by atoms with van der Waals surface area (Å²) < 4.78 is 0. The van der Waals surface area contributed by atoms with Crippen LogP contribution in [0.4, 0.5) is 0 Å². The van der Waals surface area contributed by atoms with E-state index in [4.69, 9.17) is 10.2 Å².